The number of hydrogen-bond donors (Lipinski definition) is 1. The first-order chi connectivity index (χ1) is 9.75. The first kappa shape index (κ1) is 11.7. The summed E-state index contributed by atoms with van der Waals surface area (Å²) in [4.78, 5) is 4.42. The van der Waals surface area contributed by atoms with Crippen LogP contribution < -0.4 is 5.32 Å². The van der Waals surface area contributed by atoms with Gasteiger partial charge in [-0.1, -0.05) is 6.07 Å². The number of hydrogen-bond acceptors (Lipinski definition) is 2. The van der Waals surface area contributed by atoms with E-state index in [0.717, 1.165) is 17.9 Å². The molecule has 0 aromatic carbocycles. The first-order valence-corrected chi connectivity index (χ1v) is 8.44. The minimum Gasteiger partial charge on any atom is -0.308 e. The fourth-order valence-electron chi connectivity index (χ4n) is 6.11. The topological polar surface area (TPSA) is 24.9 Å². The molecule has 1 aromatic rings. The van der Waals surface area contributed by atoms with Gasteiger partial charge in [-0.2, -0.15) is 0 Å². The van der Waals surface area contributed by atoms with E-state index < -0.39 is 0 Å². The second kappa shape index (κ2) is 3.85. The second-order valence-electron chi connectivity index (χ2n) is 8.18. The van der Waals surface area contributed by atoms with Crippen molar-refractivity contribution in [3.8, 4) is 0 Å². The number of nitrogens with zero attached hydrogens (tertiary/aromatic N) is 1. The lowest BCUT2D eigenvalue weighted by Gasteiger charge is -2.62. The van der Waals surface area contributed by atoms with Gasteiger partial charge in [0.05, 0.1) is 0 Å². The van der Waals surface area contributed by atoms with Crippen LogP contribution in [0.1, 0.15) is 56.9 Å². The third-order valence-electron chi connectivity index (χ3n) is 6.42. The molecule has 106 valence electrons. The van der Waals surface area contributed by atoms with Crippen molar-refractivity contribution in [3.63, 3.8) is 0 Å². The van der Waals surface area contributed by atoms with Gasteiger partial charge in [0.15, 0.2) is 0 Å². The highest BCUT2D eigenvalue weighted by atomic mass is 15.1. The lowest BCUT2D eigenvalue weighted by Crippen LogP contribution is -2.63. The van der Waals surface area contributed by atoms with E-state index in [9.17, 15) is 0 Å². The van der Waals surface area contributed by atoms with Crippen molar-refractivity contribution in [1.82, 2.24) is 10.3 Å². The van der Waals surface area contributed by atoms with Crippen LogP contribution in [0.2, 0.25) is 0 Å². The Bertz CT molecular complexity index is 500. The number of pyridine rings is 1. The molecule has 20 heavy (non-hydrogen) atoms. The highest BCUT2D eigenvalue weighted by Gasteiger charge is 2.58. The second-order valence-corrected chi connectivity index (χ2v) is 8.18. The highest BCUT2D eigenvalue weighted by Crippen LogP contribution is 2.62. The molecule has 0 spiro atoms. The molecule has 2 nitrogen and oxygen atoms in total. The maximum atomic E-state index is 4.42. The van der Waals surface area contributed by atoms with Gasteiger partial charge in [-0.3, -0.25) is 4.98 Å². The van der Waals surface area contributed by atoms with Gasteiger partial charge in [-0.15, -0.1) is 0 Å². The van der Waals surface area contributed by atoms with Crippen LogP contribution in [-0.2, 0) is 5.41 Å². The van der Waals surface area contributed by atoms with Crippen LogP contribution in [0.25, 0.3) is 0 Å². The Morgan fingerprint density at radius 2 is 1.90 bits per heavy atom. The summed E-state index contributed by atoms with van der Waals surface area (Å²) in [6.07, 6.45) is 15.5. The van der Waals surface area contributed by atoms with Gasteiger partial charge in [-0.05, 0) is 80.2 Å². The van der Waals surface area contributed by atoms with Crippen molar-refractivity contribution >= 4 is 0 Å². The molecule has 5 fully saturated rings. The lowest BCUT2D eigenvalue weighted by molar-refractivity contribution is -0.0416. The average molecular weight is 268 g/mol. The maximum Gasteiger partial charge on any atom is 0.0305 e. The summed E-state index contributed by atoms with van der Waals surface area (Å²) < 4.78 is 0. The van der Waals surface area contributed by atoms with Crippen molar-refractivity contribution < 1.29 is 0 Å². The van der Waals surface area contributed by atoms with Gasteiger partial charge in [0.25, 0.3) is 0 Å². The van der Waals surface area contributed by atoms with E-state index in [1.54, 1.807) is 0 Å². The predicted octanol–water partition coefficient (Wildman–Crippen LogP) is 3.42. The number of nitrogens with one attached hydrogen (secondary N) is 1. The lowest BCUT2D eigenvalue weighted by atomic mass is 9.45. The van der Waals surface area contributed by atoms with Gasteiger partial charge >= 0.3 is 0 Å². The Kier molecular flexibility index (Phi) is 2.26. The van der Waals surface area contributed by atoms with E-state index in [4.69, 9.17) is 0 Å². The molecule has 1 heterocycles. The molecular formula is C18H24N2. The van der Waals surface area contributed by atoms with E-state index in [0.29, 0.717) is 11.0 Å². The van der Waals surface area contributed by atoms with Crippen molar-refractivity contribution in [2.24, 2.45) is 11.8 Å². The molecule has 2 heteroatoms. The summed E-state index contributed by atoms with van der Waals surface area (Å²) in [7, 11) is 0. The minimum absolute atomic E-state index is 0.445. The van der Waals surface area contributed by atoms with Crippen LogP contribution in [0, 0.1) is 11.8 Å². The molecule has 5 saturated carbocycles. The third kappa shape index (κ3) is 1.70. The maximum absolute atomic E-state index is 4.42. The summed E-state index contributed by atoms with van der Waals surface area (Å²) >= 11 is 0. The van der Waals surface area contributed by atoms with Crippen LogP contribution in [0.4, 0.5) is 0 Å². The summed E-state index contributed by atoms with van der Waals surface area (Å²) in [6, 6.07) is 5.32. The summed E-state index contributed by atoms with van der Waals surface area (Å²) in [6.45, 7) is 0. The van der Waals surface area contributed by atoms with Gasteiger partial charge in [0, 0.05) is 24.0 Å². The molecular weight excluding hydrogens is 244 g/mol. The van der Waals surface area contributed by atoms with Crippen molar-refractivity contribution in [2.75, 3.05) is 0 Å². The minimum atomic E-state index is 0.445. The van der Waals surface area contributed by atoms with Gasteiger partial charge < -0.3 is 5.32 Å². The standard InChI is InChI=1S/C18H24N2/c1-2-15(11-19-5-1)17-7-13-6-14(8-17)10-18(9-13,12-17)20-16-3-4-16/h1-2,5,11,13-14,16,20H,3-4,6-10,12H2. The van der Waals surface area contributed by atoms with Crippen molar-refractivity contribution in [3.05, 3.63) is 30.1 Å². The van der Waals surface area contributed by atoms with Crippen LogP contribution >= 0.6 is 0 Å². The monoisotopic (exact) mass is 268 g/mol. The Morgan fingerprint density at radius 3 is 2.55 bits per heavy atom. The quantitative estimate of drug-likeness (QED) is 0.908. The van der Waals surface area contributed by atoms with E-state index >= 15 is 0 Å². The fourth-order valence-corrected chi connectivity index (χ4v) is 6.11. The van der Waals surface area contributed by atoms with E-state index in [2.05, 4.69) is 28.6 Å². The molecule has 5 aliphatic rings. The zero-order chi connectivity index (χ0) is 13.2. The molecule has 2 atom stereocenters. The largest absolute Gasteiger partial charge is 0.308 e. The van der Waals surface area contributed by atoms with Gasteiger partial charge in [0.1, 0.15) is 0 Å². The summed E-state index contributed by atoms with van der Waals surface area (Å²) in [5.41, 5.74) is 2.44. The Hall–Kier alpha value is -0.890. The van der Waals surface area contributed by atoms with E-state index in [1.165, 1.54) is 56.9 Å². The fraction of sp³-hybridized carbons (Fsp3) is 0.722. The van der Waals surface area contributed by atoms with E-state index in [1.807, 2.05) is 6.20 Å². The molecule has 6 rings (SSSR count). The van der Waals surface area contributed by atoms with Crippen molar-refractivity contribution in [1.29, 1.82) is 0 Å². The SMILES string of the molecule is c1cncc(C23CC4CC(CC(NC5CC5)(C4)C2)C3)c1. The van der Waals surface area contributed by atoms with Crippen LogP contribution in [-0.4, -0.2) is 16.6 Å². The highest BCUT2D eigenvalue weighted by molar-refractivity contribution is 5.29. The molecule has 0 amide bonds. The number of rotatable bonds is 3. The molecule has 2 unspecified atom stereocenters. The van der Waals surface area contributed by atoms with Crippen LogP contribution in [0.3, 0.4) is 0 Å². The number of aromatic nitrogens is 1. The van der Waals surface area contributed by atoms with E-state index in [-0.39, 0.29) is 0 Å². The summed E-state index contributed by atoms with van der Waals surface area (Å²) in [5.74, 6) is 1.92. The Labute approximate surface area is 121 Å². The molecule has 1 N–H and O–H groups in total. The first-order valence-electron chi connectivity index (χ1n) is 8.44. The molecule has 4 bridgehead atoms. The van der Waals surface area contributed by atoms with Crippen LogP contribution in [0.5, 0.6) is 0 Å². The normalized spacial score (nSPS) is 45.8. The molecule has 1 aromatic heterocycles. The molecule has 0 saturated heterocycles. The third-order valence-corrected chi connectivity index (χ3v) is 6.42. The zero-order valence-corrected chi connectivity index (χ0v) is 12.1. The average Bonchev–Trinajstić information content (AvgIpc) is 3.21. The van der Waals surface area contributed by atoms with Crippen LogP contribution in [0.15, 0.2) is 24.5 Å². The summed E-state index contributed by atoms with van der Waals surface area (Å²) in [5, 5.41) is 4.07. The molecule has 0 radical (unpaired) electrons. The predicted molar refractivity (Wildman–Crippen MR) is 79.5 cm³/mol. The Morgan fingerprint density at radius 1 is 1.10 bits per heavy atom. The molecule has 5 aliphatic carbocycles. The van der Waals surface area contributed by atoms with Gasteiger partial charge in [0.2, 0.25) is 0 Å². The van der Waals surface area contributed by atoms with Gasteiger partial charge in [-0.25, -0.2) is 0 Å². The Balaban J connectivity index is 1.54. The zero-order valence-electron chi connectivity index (χ0n) is 12.1. The smallest absolute Gasteiger partial charge is 0.0305 e. The van der Waals surface area contributed by atoms with Crippen molar-refractivity contribution in [2.45, 2.75) is 68.4 Å². The molecule has 0 aliphatic heterocycles.